The van der Waals surface area contributed by atoms with Crippen LogP contribution in [0, 0.1) is 12.3 Å². The quantitative estimate of drug-likeness (QED) is 0.414. The standard InChI is InChI=1S/C16H21N3O7/c1-3-4-5-7-17-16(23)25-9-10-12(21)13(24-2)14(26-10)19-8-6-11(20)18-15(19)22/h1,6,8,10,12-14,21H,4-5,7,9H2,2H3,(H,17,23)(H,18,20,22)/t10-,12-,13-,14-/m1/s1. The Morgan fingerprint density at radius 3 is 2.96 bits per heavy atom. The van der Waals surface area contributed by atoms with E-state index in [2.05, 4.69) is 16.2 Å². The molecule has 10 heteroatoms. The molecule has 0 radical (unpaired) electrons. The zero-order valence-corrected chi connectivity index (χ0v) is 14.2. The van der Waals surface area contributed by atoms with Crippen LogP contribution in [0.25, 0.3) is 0 Å². The minimum atomic E-state index is -1.14. The fraction of sp³-hybridized carbons (Fsp3) is 0.562. The van der Waals surface area contributed by atoms with Crippen molar-refractivity contribution in [3.63, 3.8) is 0 Å². The summed E-state index contributed by atoms with van der Waals surface area (Å²) in [5, 5.41) is 12.8. The first kappa shape index (κ1) is 19.7. The van der Waals surface area contributed by atoms with Gasteiger partial charge in [0, 0.05) is 32.3 Å². The number of unbranched alkanes of at least 4 members (excludes halogenated alkanes) is 1. The number of carbonyl (C=O) groups excluding carboxylic acids is 1. The molecule has 1 aliphatic rings. The topological polar surface area (TPSA) is 132 Å². The van der Waals surface area contributed by atoms with E-state index in [-0.39, 0.29) is 6.61 Å². The summed E-state index contributed by atoms with van der Waals surface area (Å²) in [5.74, 6) is 2.45. The predicted octanol–water partition coefficient (Wildman–Crippen LogP) is -1.05. The number of nitrogens with zero attached hydrogens (tertiary/aromatic N) is 1. The molecule has 10 nitrogen and oxygen atoms in total. The Kier molecular flexibility index (Phi) is 6.97. The number of methoxy groups -OCH3 is 1. The van der Waals surface area contributed by atoms with Crippen LogP contribution in [0.5, 0.6) is 0 Å². The van der Waals surface area contributed by atoms with Gasteiger partial charge in [-0.1, -0.05) is 0 Å². The molecule has 0 saturated carbocycles. The molecule has 26 heavy (non-hydrogen) atoms. The molecule has 1 amide bonds. The van der Waals surface area contributed by atoms with Crippen molar-refractivity contribution < 1.29 is 24.1 Å². The van der Waals surface area contributed by atoms with Gasteiger partial charge in [0.1, 0.15) is 24.9 Å². The van der Waals surface area contributed by atoms with Gasteiger partial charge >= 0.3 is 11.8 Å². The molecule has 0 aromatic carbocycles. The summed E-state index contributed by atoms with van der Waals surface area (Å²) in [6.07, 6.45) is 2.94. The fourth-order valence-electron chi connectivity index (χ4n) is 2.55. The van der Waals surface area contributed by atoms with E-state index in [0.717, 1.165) is 10.6 Å². The highest BCUT2D eigenvalue weighted by atomic mass is 16.6. The lowest BCUT2D eigenvalue weighted by Crippen LogP contribution is -2.39. The number of amides is 1. The van der Waals surface area contributed by atoms with Gasteiger partial charge in [-0.2, -0.15) is 0 Å². The number of hydrogen-bond acceptors (Lipinski definition) is 7. The van der Waals surface area contributed by atoms with Crippen LogP contribution in [-0.2, 0) is 14.2 Å². The summed E-state index contributed by atoms with van der Waals surface area (Å²) in [6.45, 7) is 0.129. The summed E-state index contributed by atoms with van der Waals surface area (Å²) in [4.78, 5) is 36.8. The minimum absolute atomic E-state index is 0.239. The third-order valence-electron chi connectivity index (χ3n) is 3.86. The second kappa shape index (κ2) is 9.19. The van der Waals surface area contributed by atoms with Crippen molar-refractivity contribution in [1.82, 2.24) is 14.9 Å². The molecule has 0 spiro atoms. The number of H-pyrrole nitrogens is 1. The lowest BCUT2D eigenvalue weighted by atomic mass is 10.1. The van der Waals surface area contributed by atoms with Gasteiger partial charge in [0.15, 0.2) is 6.23 Å². The van der Waals surface area contributed by atoms with Gasteiger partial charge in [-0.25, -0.2) is 9.59 Å². The number of ether oxygens (including phenoxy) is 3. The number of hydrogen-bond donors (Lipinski definition) is 3. The molecule has 1 aromatic rings. The van der Waals surface area contributed by atoms with E-state index < -0.39 is 41.9 Å². The summed E-state index contributed by atoms with van der Waals surface area (Å²) in [5.41, 5.74) is -1.26. The van der Waals surface area contributed by atoms with Crippen molar-refractivity contribution in [3.05, 3.63) is 33.1 Å². The Bertz CT molecular complexity index is 766. The number of rotatable bonds is 7. The van der Waals surface area contributed by atoms with Crippen LogP contribution in [0.1, 0.15) is 19.1 Å². The first-order chi connectivity index (χ1) is 12.5. The normalized spacial score (nSPS) is 24.8. The second-order valence-corrected chi connectivity index (χ2v) is 5.61. The smallest absolute Gasteiger partial charge is 0.407 e. The Morgan fingerprint density at radius 1 is 1.54 bits per heavy atom. The molecule has 2 rings (SSSR count). The van der Waals surface area contributed by atoms with Crippen LogP contribution < -0.4 is 16.6 Å². The highest BCUT2D eigenvalue weighted by molar-refractivity contribution is 5.67. The average Bonchev–Trinajstić information content (AvgIpc) is 2.92. The molecule has 2 heterocycles. The molecule has 3 N–H and O–H groups in total. The number of aliphatic hydroxyl groups excluding tert-OH is 1. The van der Waals surface area contributed by atoms with Crippen LogP contribution in [-0.4, -0.2) is 59.3 Å². The monoisotopic (exact) mass is 367 g/mol. The van der Waals surface area contributed by atoms with Crippen LogP contribution in [0.4, 0.5) is 4.79 Å². The van der Waals surface area contributed by atoms with Gasteiger partial charge in [0.2, 0.25) is 0 Å². The Hall–Kier alpha value is -2.61. The van der Waals surface area contributed by atoms with Gasteiger partial charge in [-0.15, -0.1) is 12.3 Å². The maximum atomic E-state index is 11.9. The average molecular weight is 367 g/mol. The Labute approximate surface area is 149 Å². The van der Waals surface area contributed by atoms with Crippen molar-refractivity contribution in [2.75, 3.05) is 20.3 Å². The zero-order valence-electron chi connectivity index (χ0n) is 14.2. The van der Waals surface area contributed by atoms with E-state index in [1.165, 1.54) is 13.3 Å². The third kappa shape index (κ3) is 4.72. The highest BCUT2D eigenvalue weighted by Gasteiger charge is 2.46. The van der Waals surface area contributed by atoms with Gasteiger partial charge in [0.05, 0.1) is 0 Å². The lowest BCUT2D eigenvalue weighted by Gasteiger charge is -2.19. The van der Waals surface area contributed by atoms with E-state index in [1.807, 2.05) is 0 Å². The van der Waals surface area contributed by atoms with Crippen LogP contribution in [0.15, 0.2) is 21.9 Å². The summed E-state index contributed by atoms with van der Waals surface area (Å²) in [6, 6.07) is 1.15. The van der Waals surface area contributed by atoms with Crippen molar-refractivity contribution in [3.8, 4) is 12.3 Å². The molecule has 1 aliphatic heterocycles. The van der Waals surface area contributed by atoms with E-state index in [1.54, 1.807) is 0 Å². The second-order valence-electron chi connectivity index (χ2n) is 5.61. The maximum Gasteiger partial charge on any atom is 0.407 e. The number of aromatic amines is 1. The van der Waals surface area contributed by atoms with Gasteiger partial charge < -0.3 is 24.6 Å². The van der Waals surface area contributed by atoms with E-state index in [0.29, 0.717) is 19.4 Å². The first-order valence-electron chi connectivity index (χ1n) is 7.99. The van der Waals surface area contributed by atoms with Crippen molar-refractivity contribution >= 4 is 6.09 Å². The van der Waals surface area contributed by atoms with Crippen LogP contribution in [0.2, 0.25) is 0 Å². The number of alkyl carbamates (subject to hydrolysis) is 1. The molecule has 4 atom stereocenters. The molecule has 0 unspecified atom stereocenters. The lowest BCUT2D eigenvalue weighted by molar-refractivity contribution is -0.0637. The largest absolute Gasteiger partial charge is 0.447 e. The summed E-state index contributed by atoms with van der Waals surface area (Å²) in [7, 11) is 1.35. The minimum Gasteiger partial charge on any atom is -0.447 e. The van der Waals surface area contributed by atoms with Crippen molar-refractivity contribution in [2.24, 2.45) is 0 Å². The van der Waals surface area contributed by atoms with Crippen molar-refractivity contribution in [1.29, 1.82) is 0 Å². The summed E-state index contributed by atoms with van der Waals surface area (Å²) >= 11 is 0. The highest BCUT2D eigenvalue weighted by Crippen LogP contribution is 2.30. The molecule has 0 aliphatic carbocycles. The van der Waals surface area contributed by atoms with E-state index >= 15 is 0 Å². The number of carbonyl (C=O) groups is 1. The summed E-state index contributed by atoms with van der Waals surface area (Å²) < 4.78 is 16.9. The predicted molar refractivity (Wildman–Crippen MR) is 89.5 cm³/mol. The van der Waals surface area contributed by atoms with Gasteiger partial charge in [-0.3, -0.25) is 14.3 Å². The van der Waals surface area contributed by atoms with Gasteiger partial charge in [-0.05, 0) is 6.42 Å². The first-order valence-corrected chi connectivity index (χ1v) is 7.99. The molecule has 1 fully saturated rings. The molecule has 1 aromatic heterocycles. The maximum absolute atomic E-state index is 11.9. The number of terminal acetylenes is 1. The molecular formula is C16H21N3O7. The SMILES string of the molecule is C#CCCCNC(=O)OC[C@H]1O[C@@H](n2ccc(=O)[nH]c2=O)[C@H](OC)[C@@H]1O. The van der Waals surface area contributed by atoms with Crippen LogP contribution in [0.3, 0.4) is 0 Å². The van der Waals surface area contributed by atoms with Crippen molar-refractivity contribution in [2.45, 2.75) is 37.4 Å². The van der Waals surface area contributed by atoms with E-state index in [9.17, 15) is 19.5 Å². The molecule has 142 valence electrons. The van der Waals surface area contributed by atoms with Crippen LogP contribution >= 0.6 is 0 Å². The molecule has 1 saturated heterocycles. The Morgan fingerprint density at radius 2 is 2.31 bits per heavy atom. The third-order valence-corrected chi connectivity index (χ3v) is 3.86. The number of aromatic nitrogens is 2. The van der Waals surface area contributed by atoms with E-state index in [4.69, 9.17) is 20.6 Å². The number of aliphatic hydroxyl groups is 1. The fourth-order valence-corrected chi connectivity index (χ4v) is 2.55. The Balaban J connectivity index is 1.97. The zero-order chi connectivity index (χ0) is 19.1. The molecule has 0 bridgehead atoms. The van der Waals surface area contributed by atoms with Gasteiger partial charge in [0.25, 0.3) is 5.56 Å². The number of nitrogens with one attached hydrogen (secondary N) is 2. The molecular weight excluding hydrogens is 346 g/mol.